The molecule has 136 valence electrons. The van der Waals surface area contributed by atoms with Crippen molar-refractivity contribution in [1.29, 1.82) is 0 Å². The second kappa shape index (κ2) is 8.60. The third-order valence-corrected chi connectivity index (χ3v) is 5.59. The number of thiazole rings is 1. The molecule has 0 aromatic carbocycles. The van der Waals surface area contributed by atoms with Gasteiger partial charge in [-0.05, 0) is 58.1 Å². The van der Waals surface area contributed by atoms with E-state index < -0.39 is 0 Å². The first-order valence-corrected chi connectivity index (χ1v) is 9.58. The maximum absolute atomic E-state index is 12.3. The summed E-state index contributed by atoms with van der Waals surface area (Å²) in [5.74, 6) is 1.23. The van der Waals surface area contributed by atoms with Crippen molar-refractivity contribution in [3.8, 4) is 10.8 Å². The van der Waals surface area contributed by atoms with Gasteiger partial charge in [0.05, 0.1) is 12.5 Å². The largest absolute Gasteiger partial charge is 0.462 e. The van der Waals surface area contributed by atoms with Crippen LogP contribution in [0.1, 0.15) is 22.5 Å². The van der Waals surface area contributed by atoms with E-state index in [1.165, 1.54) is 11.3 Å². The maximum atomic E-state index is 12.3. The highest BCUT2D eigenvalue weighted by atomic mass is 32.1. The molecule has 3 heterocycles. The summed E-state index contributed by atoms with van der Waals surface area (Å²) in [6.07, 6.45) is 5.53. The summed E-state index contributed by atoms with van der Waals surface area (Å²) in [4.78, 5) is 22.0. The highest BCUT2D eigenvalue weighted by Crippen LogP contribution is 2.25. The molecule has 1 amide bonds. The van der Waals surface area contributed by atoms with E-state index in [1.54, 1.807) is 12.5 Å². The van der Waals surface area contributed by atoms with Crippen LogP contribution in [0.3, 0.4) is 0 Å². The second-order valence-electron chi connectivity index (χ2n) is 6.81. The van der Waals surface area contributed by atoms with Gasteiger partial charge in [0.1, 0.15) is 4.88 Å². The molecule has 3 rings (SSSR count). The molecule has 0 spiro atoms. The normalized spacial score (nSPS) is 16.4. The molecular weight excluding hydrogens is 336 g/mol. The molecule has 0 atom stereocenters. The van der Waals surface area contributed by atoms with Crippen LogP contribution in [0.15, 0.2) is 29.0 Å². The van der Waals surface area contributed by atoms with Crippen LogP contribution >= 0.6 is 11.3 Å². The van der Waals surface area contributed by atoms with Gasteiger partial charge < -0.3 is 19.5 Å². The van der Waals surface area contributed by atoms with Crippen LogP contribution in [-0.4, -0.2) is 67.5 Å². The summed E-state index contributed by atoms with van der Waals surface area (Å²) in [7, 11) is 4.22. The van der Waals surface area contributed by atoms with Gasteiger partial charge in [0, 0.05) is 19.6 Å². The molecule has 1 aliphatic rings. The number of carbonyl (C=O) groups excluding carboxylic acids is 1. The number of nitrogens with one attached hydrogen (secondary N) is 1. The van der Waals surface area contributed by atoms with E-state index in [0.29, 0.717) is 16.6 Å². The number of furan rings is 1. The number of rotatable bonds is 7. The molecule has 0 unspecified atom stereocenters. The fraction of sp³-hybridized carbons (Fsp3) is 0.556. The first-order valence-electron chi connectivity index (χ1n) is 8.77. The second-order valence-corrected chi connectivity index (χ2v) is 7.84. The minimum atomic E-state index is -0.0367. The van der Waals surface area contributed by atoms with E-state index >= 15 is 0 Å². The third kappa shape index (κ3) is 5.14. The van der Waals surface area contributed by atoms with Crippen molar-refractivity contribution in [2.24, 2.45) is 5.92 Å². The number of carbonyl (C=O) groups is 1. The lowest BCUT2D eigenvalue weighted by atomic mass is 9.97. The van der Waals surface area contributed by atoms with Crippen molar-refractivity contribution < 1.29 is 9.21 Å². The van der Waals surface area contributed by atoms with Gasteiger partial charge in [-0.1, -0.05) is 0 Å². The van der Waals surface area contributed by atoms with Crippen molar-refractivity contribution in [3.05, 3.63) is 29.5 Å². The third-order valence-electron chi connectivity index (χ3n) is 4.58. The first-order chi connectivity index (χ1) is 12.1. The van der Waals surface area contributed by atoms with Crippen LogP contribution in [0, 0.1) is 5.92 Å². The van der Waals surface area contributed by atoms with E-state index in [2.05, 4.69) is 34.2 Å². The quantitative estimate of drug-likeness (QED) is 0.820. The Morgan fingerprint density at radius 1 is 1.44 bits per heavy atom. The number of aromatic nitrogens is 1. The summed E-state index contributed by atoms with van der Waals surface area (Å²) in [6, 6.07) is 3.67. The van der Waals surface area contributed by atoms with Crippen LogP contribution in [0.5, 0.6) is 0 Å². The molecule has 1 aliphatic heterocycles. The Kier molecular flexibility index (Phi) is 6.23. The molecule has 1 saturated heterocycles. The molecule has 1 N–H and O–H groups in total. The van der Waals surface area contributed by atoms with Gasteiger partial charge in [-0.3, -0.25) is 4.79 Å². The number of nitrogens with zero attached hydrogens (tertiary/aromatic N) is 3. The molecule has 0 saturated carbocycles. The predicted octanol–water partition coefficient (Wildman–Crippen LogP) is 2.41. The number of amides is 1. The summed E-state index contributed by atoms with van der Waals surface area (Å²) in [5, 5.41) is 3.81. The Hall–Kier alpha value is -1.70. The standard InChI is InChI=1S/C18H26N4O2S/c1-21(2)9-10-22-7-5-14(6-8-22)12-19-17(23)16-13-20-18(25-16)15-4-3-11-24-15/h3-4,11,13-14H,5-10,12H2,1-2H3,(H,19,23). The summed E-state index contributed by atoms with van der Waals surface area (Å²) < 4.78 is 5.32. The average molecular weight is 362 g/mol. The number of hydrogen-bond donors (Lipinski definition) is 1. The Morgan fingerprint density at radius 2 is 2.24 bits per heavy atom. The summed E-state index contributed by atoms with van der Waals surface area (Å²) >= 11 is 1.37. The van der Waals surface area contributed by atoms with Crippen LogP contribution in [0.25, 0.3) is 10.8 Å². The fourth-order valence-electron chi connectivity index (χ4n) is 2.97. The van der Waals surface area contributed by atoms with E-state index in [9.17, 15) is 4.79 Å². The smallest absolute Gasteiger partial charge is 0.263 e. The number of hydrogen-bond acceptors (Lipinski definition) is 6. The van der Waals surface area contributed by atoms with Crippen molar-refractivity contribution in [3.63, 3.8) is 0 Å². The van der Waals surface area contributed by atoms with Gasteiger partial charge >= 0.3 is 0 Å². The fourth-order valence-corrected chi connectivity index (χ4v) is 3.77. The van der Waals surface area contributed by atoms with E-state index in [0.717, 1.165) is 50.6 Å². The van der Waals surface area contributed by atoms with Crippen molar-refractivity contribution in [1.82, 2.24) is 20.1 Å². The monoisotopic (exact) mass is 362 g/mol. The zero-order valence-corrected chi connectivity index (χ0v) is 15.7. The minimum absolute atomic E-state index is 0.0367. The highest BCUT2D eigenvalue weighted by molar-refractivity contribution is 7.16. The van der Waals surface area contributed by atoms with Gasteiger partial charge in [0.15, 0.2) is 10.8 Å². The highest BCUT2D eigenvalue weighted by Gasteiger charge is 2.20. The molecule has 1 fully saturated rings. The molecule has 25 heavy (non-hydrogen) atoms. The van der Waals surface area contributed by atoms with Gasteiger partial charge in [0.2, 0.25) is 0 Å². The SMILES string of the molecule is CN(C)CCN1CCC(CNC(=O)c2cnc(-c3ccco3)s2)CC1. The molecule has 2 aromatic heterocycles. The van der Waals surface area contributed by atoms with E-state index in [-0.39, 0.29) is 5.91 Å². The number of likely N-dealkylation sites (N-methyl/N-ethyl adjacent to an activating group) is 1. The van der Waals surface area contributed by atoms with Gasteiger partial charge in [-0.2, -0.15) is 0 Å². The Bertz CT molecular complexity index is 660. The van der Waals surface area contributed by atoms with Gasteiger partial charge in [0.25, 0.3) is 5.91 Å². The number of likely N-dealkylation sites (tertiary alicyclic amines) is 1. The van der Waals surface area contributed by atoms with Crippen molar-refractivity contribution >= 4 is 17.2 Å². The molecule has 0 aliphatic carbocycles. The van der Waals surface area contributed by atoms with E-state index in [4.69, 9.17) is 4.42 Å². The zero-order chi connectivity index (χ0) is 17.6. The summed E-state index contributed by atoms with van der Waals surface area (Å²) in [6.45, 7) is 5.22. The molecule has 0 bridgehead atoms. The topological polar surface area (TPSA) is 61.6 Å². The van der Waals surface area contributed by atoms with Crippen molar-refractivity contribution in [2.75, 3.05) is 46.8 Å². The van der Waals surface area contributed by atoms with Gasteiger partial charge in [-0.25, -0.2) is 4.98 Å². The van der Waals surface area contributed by atoms with E-state index in [1.807, 2.05) is 12.1 Å². The minimum Gasteiger partial charge on any atom is -0.462 e. The number of piperidine rings is 1. The van der Waals surface area contributed by atoms with Gasteiger partial charge in [-0.15, -0.1) is 11.3 Å². The Morgan fingerprint density at radius 3 is 2.92 bits per heavy atom. The zero-order valence-electron chi connectivity index (χ0n) is 14.9. The summed E-state index contributed by atoms with van der Waals surface area (Å²) in [5.41, 5.74) is 0. The van der Waals surface area contributed by atoms with Crippen LogP contribution in [0.4, 0.5) is 0 Å². The Labute approximate surface area is 152 Å². The first kappa shape index (κ1) is 18.1. The molecule has 7 heteroatoms. The maximum Gasteiger partial charge on any atom is 0.263 e. The lowest BCUT2D eigenvalue weighted by molar-refractivity contribution is 0.0939. The molecule has 0 radical (unpaired) electrons. The average Bonchev–Trinajstić information content (AvgIpc) is 3.29. The molecular formula is C18H26N4O2S. The lowest BCUT2D eigenvalue weighted by Crippen LogP contribution is -2.41. The molecule has 2 aromatic rings. The van der Waals surface area contributed by atoms with Crippen LogP contribution < -0.4 is 5.32 Å². The predicted molar refractivity (Wildman–Crippen MR) is 99.9 cm³/mol. The lowest BCUT2D eigenvalue weighted by Gasteiger charge is -2.32. The Balaban J connectivity index is 1.41. The van der Waals surface area contributed by atoms with Crippen LogP contribution in [0.2, 0.25) is 0 Å². The van der Waals surface area contributed by atoms with Crippen LogP contribution in [-0.2, 0) is 0 Å². The molecule has 6 nitrogen and oxygen atoms in total. The van der Waals surface area contributed by atoms with Crippen molar-refractivity contribution in [2.45, 2.75) is 12.8 Å².